The number of rotatable bonds is 6. The molecule has 0 aliphatic heterocycles. The van der Waals surface area contributed by atoms with Crippen LogP contribution in [0.4, 0.5) is 0 Å². The first-order valence-electron chi connectivity index (χ1n) is 6.60. The van der Waals surface area contributed by atoms with E-state index < -0.39 is 0 Å². The van der Waals surface area contributed by atoms with Crippen LogP contribution in [0.15, 0.2) is 0 Å². The van der Waals surface area contributed by atoms with Crippen LogP contribution in [0.2, 0.25) is 0 Å². The highest BCUT2D eigenvalue weighted by Gasteiger charge is 2.31. The molecule has 0 spiro atoms. The summed E-state index contributed by atoms with van der Waals surface area (Å²) in [6.45, 7) is 7.89. The van der Waals surface area contributed by atoms with Crippen LogP contribution in [0.25, 0.3) is 0 Å². The van der Waals surface area contributed by atoms with Gasteiger partial charge in [-0.2, -0.15) is 0 Å². The Kier molecular flexibility index (Phi) is 5.62. The SMILES string of the molecule is CCCCCN(C(C)C)[C@@H]1CCC[C@H]1O. The van der Waals surface area contributed by atoms with Gasteiger partial charge >= 0.3 is 0 Å². The third-order valence-electron chi connectivity index (χ3n) is 3.55. The first kappa shape index (κ1) is 13.0. The maximum absolute atomic E-state index is 9.92. The Bertz CT molecular complexity index is 170. The Balaban J connectivity index is 2.42. The van der Waals surface area contributed by atoms with Gasteiger partial charge < -0.3 is 5.11 Å². The molecule has 0 saturated heterocycles. The van der Waals surface area contributed by atoms with Crippen LogP contribution in [0.3, 0.4) is 0 Å². The van der Waals surface area contributed by atoms with Crippen molar-refractivity contribution in [2.45, 2.75) is 77.5 Å². The summed E-state index contributed by atoms with van der Waals surface area (Å²) >= 11 is 0. The number of nitrogens with zero attached hydrogens (tertiary/aromatic N) is 1. The standard InChI is InChI=1S/C13H27NO/c1-4-5-6-10-14(11(2)3)12-8-7-9-13(12)15/h11-13,15H,4-10H2,1-3H3/t12-,13-/m1/s1. The molecule has 1 fully saturated rings. The quantitative estimate of drug-likeness (QED) is 0.686. The summed E-state index contributed by atoms with van der Waals surface area (Å²) in [5, 5.41) is 9.92. The van der Waals surface area contributed by atoms with E-state index in [1.807, 2.05) is 0 Å². The van der Waals surface area contributed by atoms with Crippen molar-refractivity contribution in [2.24, 2.45) is 0 Å². The van der Waals surface area contributed by atoms with Gasteiger partial charge in [-0.3, -0.25) is 4.90 Å². The minimum atomic E-state index is -0.0750. The molecular weight excluding hydrogens is 186 g/mol. The van der Waals surface area contributed by atoms with Gasteiger partial charge in [0, 0.05) is 12.1 Å². The highest BCUT2D eigenvalue weighted by atomic mass is 16.3. The third-order valence-corrected chi connectivity index (χ3v) is 3.55. The molecule has 1 N–H and O–H groups in total. The Hall–Kier alpha value is -0.0800. The molecular formula is C13H27NO. The van der Waals surface area contributed by atoms with Gasteiger partial charge in [-0.25, -0.2) is 0 Å². The lowest BCUT2D eigenvalue weighted by Gasteiger charge is -2.34. The molecule has 0 bridgehead atoms. The fourth-order valence-electron chi connectivity index (χ4n) is 2.66. The smallest absolute Gasteiger partial charge is 0.0695 e. The summed E-state index contributed by atoms with van der Waals surface area (Å²) in [5.74, 6) is 0. The van der Waals surface area contributed by atoms with Gasteiger partial charge in [-0.05, 0) is 46.1 Å². The first-order valence-corrected chi connectivity index (χ1v) is 6.60. The number of aliphatic hydroxyl groups is 1. The van der Waals surface area contributed by atoms with Crippen molar-refractivity contribution in [1.82, 2.24) is 4.90 Å². The van der Waals surface area contributed by atoms with Crippen molar-refractivity contribution in [2.75, 3.05) is 6.54 Å². The Morgan fingerprint density at radius 2 is 2.00 bits per heavy atom. The van der Waals surface area contributed by atoms with Gasteiger partial charge in [0.1, 0.15) is 0 Å². The zero-order valence-corrected chi connectivity index (χ0v) is 10.6. The average molecular weight is 213 g/mol. The van der Waals surface area contributed by atoms with Gasteiger partial charge in [-0.1, -0.05) is 19.8 Å². The zero-order valence-electron chi connectivity index (χ0n) is 10.6. The van der Waals surface area contributed by atoms with E-state index in [9.17, 15) is 5.11 Å². The highest BCUT2D eigenvalue weighted by molar-refractivity contribution is 4.86. The molecule has 0 aromatic heterocycles. The second kappa shape index (κ2) is 6.49. The predicted molar refractivity (Wildman–Crippen MR) is 65.0 cm³/mol. The van der Waals surface area contributed by atoms with E-state index in [0.717, 1.165) is 13.0 Å². The highest BCUT2D eigenvalue weighted by Crippen LogP contribution is 2.26. The molecule has 0 heterocycles. The van der Waals surface area contributed by atoms with E-state index >= 15 is 0 Å². The molecule has 1 aliphatic rings. The van der Waals surface area contributed by atoms with Gasteiger partial charge in [0.25, 0.3) is 0 Å². The first-order chi connectivity index (χ1) is 7.16. The average Bonchev–Trinajstić information content (AvgIpc) is 2.59. The van der Waals surface area contributed by atoms with E-state index in [1.165, 1.54) is 32.1 Å². The molecule has 0 aromatic rings. The lowest BCUT2D eigenvalue weighted by molar-refractivity contribution is 0.0507. The van der Waals surface area contributed by atoms with E-state index in [1.54, 1.807) is 0 Å². The summed E-state index contributed by atoms with van der Waals surface area (Å²) in [4.78, 5) is 2.51. The lowest BCUT2D eigenvalue weighted by Crippen LogP contribution is -2.45. The van der Waals surface area contributed by atoms with Crippen molar-refractivity contribution < 1.29 is 5.11 Å². The maximum Gasteiger partial charge on any atom is 0.0695 e. The minimum absolute atomic E-state index is 0.0750. The molecule has 0 amide bonds. The van der Waals surface area contributed by atoms with Crippen LogP contribution in [0.5, 0.6) is 0 Å². The van der Waals surface area contributed by atoms with Crippen LogP contribution in [-0.4, -0.2) is 34.7 Å². The molecule has 1 saturated carbocycles. The predicted octanol–water partition coefficient (Wildman–Crippen LogP) is 2.80. The number of unbranched alkanes of at least 4 members (excludes halogenated alkanes) is 2. The molecule has 2 atom stereocenters. The molecule has 0 unspecified atom stereocenters. The maximum atomic E-state index is 9.92. The molecule has 15 heavy (non-hydrogen) atoms. The summed E-state index contributed by atoms with van der Waals surface area (Å²) in [6.07, 6.45) is 7.17. The second-order valence-corrected chi connectivity index (χ2v) is 5.10. The molecule has 1 rings (SSSR count). The molecule has 2 heteroatoms. The molecule has 0 aromatic carbocycles. The van der Waals surface area contributed by atoms with Crippen molar-refractivity contribution in [3.8, 4) is 0 Å². The molecule has 0 radical (unpaired) electrons. The van der Waals surface area contributed by atoms with Crippen LogP contribution in [0, 0.1) is 0 Å². The van der Waals surface area contributed by atoms with Gasteiger partial charge in [0.2, 0.25) is 0 Å². The lowest BCUT2D eigenvalue weighted by atomic mass is 10.1. The van der Waals surface area contributed by atoms with Crippen LogP contribution in [0.1, 0.15) is 59.3 Å². The van der Waals surface area contributed by atoms with Crippen molar-refractivity contribution in [1.29, 1.82) is 0 Å². The third kappa shape index (κ3) is 3.76. The number of hydrogen-bond donors (Lipinski definition) is 1. The monoisotopic (exact) mass is 213 g/mol. The van der Waals surface area contributed by atoms with Crippen LogP contribution >= 0.6 is 0 Å². The van der Waals surface area contributed by atoms with Gasteiger partial charge in [0.15, 0.2) is 0 Å². The number of hydrogen-bond acceptors (Lipinski definition) is 2. The van der Waals surface area contributed by atoms with Crippen LogP contribution < -0.4 is 0 Å². The molecule has 90 valence electrons. The number of aliphatic hydroxyl groups excluding tert-OH is 1. The van der Waals surface area contributed by atoms with E-state index in [4.69, 9.17) is 0 Å². The summed E-state index contributed by atoms with van der Waals surface area (Å²) in [5.41, 5.74) is 0. The normalized spacial score (nSPS) is 26.8. The van der Waals surface area contributed by atoms with Crippen LogP contribution in [-0.2, 0) is 0 Å². The van der Waals surface area contributed by atoms with Crippen molar-refractivity contribution in [3.05, 3.63) is 0 Å². The van der Waals surface area contributed by atoms with Crippen molar-refractivity contribution in [3.63, 3.8) is 0 Å². The largest absolute Gasteiger partial charge is 0.391 e. The summed E-state index contributed by atoms with van der Waals surface area (Å²) in [7, 11) is 0. The van der Waals surface area contributed by atoms with E-state index in [-0.39, 0.29) is 6.10 Å². The Morgan fingerprint density at radius 3 is 2.47 bits per heavy atom. The van der Waals surface area contributed by atoms with Crippen molar-refractivity contribution >= 4 is 0 Å². The fourth-order valence-corrected chi connectivity index (χ4v) is 2.66. The molecule has 2 nitrogen and oxygen atoms in total. The van der Waals surface area contributed by atoms with Gasteiger partial charge in [0.05, 0.1) is 6.10 Å². The summed E-state index contributed by atoms with van der Waals surface area (Å²) in [6, 6.07) is 1.00. The zero-order chi connectivity index (χ0) is 11.3. The summed E-state index contributed by atoms with van der Waals surface area (Å²) < 4.78 is 0. The van der Waals surface area contributed by atoms with E-state index in [2.05, 4.69) is 25.7 Å². The topological polar surface area (TPSA) is 23.5 Å². The minimum Gasteiger partial charge on any atom is -0.391 e. The Labute approximate surface area is 94.7 Å². The van der Waals surface area contributed by atoms with E-state index in [0.29, 0.717) is 12.1 Å². The Morgan fingerprint density at radius 1 is 1.27 bits per heavy atom. The fraction of sp³-hybridized carbons (Fsp3) is 1.00. The second-order valence-electron chi connectivity index (χ2n) is 5.10. The molecule has 1 aliphatic carbocycles. The van der Waals surface area contributed by atoms with Gasteiger partial charge in [-0.15, -0.1) is 0 Å².